The summed E-state index contributed by atoms with van der Waals surface area (Å²) in [7, 11) is -3.57. The summed E-state index contributed by atoms with van der Waals surface area (Å²) in [5, 5.41) is 0. The Morgan fingerprint density at radius 3 is 2.06 bits per heavy atom. The van der Waals surface area contributed by atoms with Crippen molar-refractivity contribution in [3.8, 4) is 0 Å². The quantitative estimate of drug-likeness (QED) is 0.344. The van der Waals surface area contributed by atoms with E-state index in [-0.39, 0.29) is 29.3 Å². The molecule has 0 saturated carbocycles. The maximum atomic E-state index is 12.9. The van der Waals surface area contributed by atoms with Crippen LogP contribution >= 0.6 is 0 Å². The zero-order valence-corrected chi connectivity index (χ0v) is 18.1. The highest BCUT2D eigenvalue weighted by Gasteiger charge is 2.25. The topological polar surface area (TPSA) is 80.8 Å². The summed E-state index contributed by atoms with van der Waals surface area (Å²) < 4.78 is 45.2. The van der Waals surface area contributed by atoms with Crippen molar-refractivity contribution in [1.29, 1.82) is 0 Å². The van der Waals surface area contributed by atoms with E-state index in [1.165, 1.54) is 52.8 Å². The van der Waals surface area contributed by atoms with Gasteiger partial charge in [-0.15, -0.1) is 0 Å². The minimum absolute atomic E-state index is 0.0552. The Labute approximate surface area is 182 Å². The van der Waals surface area contributed by atoms with Gasteiger partial charge in [-0.2, -0.15) is 4.31 Å². The molecule has 0 N–H and O–H groups in total. The summed E-state index contributed by atoms with van der Waals surface area (Å²) in [5.74, 6) is -1.14. The Hall–Kier alpha value is -2.58. The van der Waals surface area contributed by atoms with E-state index in [1.54, 1.807) is 0 Å². The van der Waals surface area contributed by atoms with Crippen molar-refractivity contribution in [3.63, 3.8) is 0 Å². The summed E-state index contributed by atoms with van der Waals surface area (Å²) >= 11 is 0. The number of Topliss-reactive ketones (excluding diaryl/α,β-unsaturated/α-hetero) is 1. The fraction of sp³-hybridized carbons (Fsp3) is 0.391. The highest BCUT2D eigenvalue weighted by Crippen LogP contribution is 2.21. The van der Waals surface area contributed by atoms with Crippen molar-refractivity contribution in [2.24, 2.45) is 0 Å². The number of nitrogens with zero attached hydrogens (tertiary/aromatic N) is 1. The van der Waals surface area contributed by atoms with E-state index in [4.69, 9.17) is 4.74 Å². The molecule has 31 heavy (non-hydrogen) atoms. The number of halogens is 1. The molecule has 0 spiro atoms. The molecule has 1 aliphatic heterocycles. The Morgan fingerprint density at radius 2 is 1.45 bits per heavy atom. The third-order valence-corrected chi connectivity index (χ3v) is 7.15. The standard InChI is InChI=1S/C23H26FNO5S/c24-20-11-7-18(8-12-20)22(26)6-5-17-30-23(27)19-9-13-21(14-10-19)31(28,29)25-15-3-1-2-4-16-25/h7-14H,1-6,15-17H2. The van der Waals surface area contributed by atoms with Crippen LogP contribution in [0.3, 0.4) is 0 Å². The first-order chi connectivity index (χ1) is 14.9. The number of hydrogen-bond acceptors (Lipinski definition) is 5. The normalized spacial score (nSPS) is 15.3. The number of ketones is 1. The number of benzene rings is 2. The van der Waals surface area contributed by atoms with Crippen LogP contribution in [0.25, 0.3) is 0 Å². The lowest BCUT2D eigenvalue weighted by molar-refractivity contribution is 0.0494. The Morgan fingerprint density at radius 1 is 0.871 bits per heavy atom. The molecule has 0 amide bonds. The van der Waals surface area contributed by atoms with Crippen LogP contribution in [0.15, 0.2) is 53.4 Å². The van der Waals surface area contributed by atoms with Crippen LogP contribution < -0.4 is 0 Å². The van der Waals surface area contributed by atoms with E-state index >= 15 is 0 Å². The Bertz CT molecular complexity index is 995. The van der Waals surface area contributed by atoms with Gasteiger partial charge in [0.15, 0.2) is 5.78 Å². The molecule has 3 rings (SSSR count). The molecule has 0 unspecified atom stereocenters. The lowest BCUT2D eigenvalue weighted by atomic mass is 10.1. The summed E-state index contributed by atoms with van der Waals surface area (Å²) in [6, 6.07) is 11.0. The van der Waals surface area contributed by atoms with E-state index in [1.807, 2.05) is 0 Å². The molecule has 0 aliphatic carbocycles. The van der Waals surface area contributed by atoms with Gasteiger partial charge in [0, 0.05) is 25.1 Å². The minimum Gasteiger partial charge on any atom is -0.462 e. The van der Waals surface area contributed by atoms with Crippen molar-refractivity contribution < 1.29 is 27.1 Å². The molecule has 2 aromatic carbocycles. The van der Waals surface area contributed by atoms with E-state index in [0.717, 1.165) is 25.7 Å². The monoisotopic (exact) mass is 447 g/mol. The van der Waals surface area contributed by atoms with Crippen LogP contribution in [0, 0.1) is 5.82 Å². The van der Waals surface area contributed by atoms with E-state index in [0.29, 0.717) is 25.1 Å². The molecule has 0 aromatic heterocycles. The molecule has 1 aliphatic rings. The van der Waals surface area contributed by atoms with Crippen molar-refractivity contribution in [2.45, 2.75) is 43.4 Å². The highest BCUT2D eigenvalue weighted by molar-refractivity contribution is 7.89. The van der Waals surface area contributed by atoms with Gasteiger partial charge in [0.1, 0.15) is 5.82 Å². The summed E-state index contributed by atoms with van der Waals surface area (Å²) in [4.78, 5) is 24.4. The van der Waals surface area contributed by atoms with Gasteiger partial charge in [-0.1, -0.05) is 12.8 Å². The van der Waals surface area contributed by atoms with Gasteiger partial charge < -0.3 is 4.74 Å². The molecule has 6 nitrogen and oxygen atoms in total. The van der Waals surface area contributed by atoms with Crippen LogP contribution in [-0.4, -0.2) is 44.2 Å². The van der Waals surface area contributed by atoms with Gasteiger partial charge in [0.25, 0.3) is 0 Å². The van der Waals surface area contributed by atoms with Gasteiger partial charge >= 0.3 is 5.97 Å². The van der Waals surface area contributed by atoms with Gasteiger partial charge in [0.2, 0.25) is 10.0 Å². The number of sulfonamides is 1. The third kappa shape index (κ3) is 6.21. The molecule has 1 saturated heterocycles. The third-order valence-electron chi connectivity index (χ3n) is 5.24. The minimum atomic E-state index is -3.57. The second kappa shape index (κ2) is 10.6. The second-order valence-corrected chi connectivity index (χ2v) is 9.45. The molecule has 1 fully saturated rings. The smallest absolute Gasteiger partial charge is 0.338 e. The largest absolute Gasteiger partial charge is 0.462 e. The summed E-state index contributed by atoms with van der Waals surface area (Å²) in [5.41, 5.74) is 0.661. The zero-order valence-electron chi connectivity index (χ0n) is 17.3. The van der Waals surface area contributed by atoms with Gasteiger partial charge in [-0.05, 0) is 67.8 Å². The van der Waals surface area contributed by atoms with Crippen LogP contribution in [0.5, 0.6) is 0 Å². The lowest BCUT2D eigenvalue weighted by Gasteiger charge is -2.20. The van der Waals surface area contributed by atoms with E-state index < -0.39 is 21.8 Å². The molecule has 0 atom stereocenters. The summed E-state index contributed by atoms with van der Waals surface area (Å²) in [6.07, 6.45) is 4.29. The highest BCUT2D eigenvalue weighted by atomic mass is 32.2. The predicted molar refractivity (Wildman–Crippen MR) is 114 cm³/mol. The van der Waals surface area contributed by atoms with Crippen LogP contribution in [0.2, 0.25) is 0 Å². The first kappa shape index (κ1) is 23.1. The SMILES string of the molecule is O=C(CCCOC(=O)c1ccc(S(=O)(=O)N2CCCCCC2)cc1)c1ccc(F)cc1. The molecular formula is C23H26FNO5S. The van der Waals surface area contributed by atoms with Gasteiger partial charge in [-0.25, -0.2) is 17.6 Å². The Kier molecular flexibility index (Phi) is 7.92. The zero-order chi connectivity index (χ0) is 22.3. The fourth-order valence-corrected chi connectivity index (χ4v) is 4.97. The molecule has 8 heteroatoms. The summed E-state index contributed by atoms with van der Waals surface area (Å²) in [6.45, 7) is 1.09. The average molecular weight is 448 g/mol. The predicted octanol–water partition coefficient (Wildman–Crippen LogP) is 4.21. The first-order valence-corrected chi connectivity index (χ1v) is 11.9. The molecule has 0 radical (unpaired) electrons. The van der Waals surface area contributed by atoms with Crippen molar-refractivity contribution >= 4 is 21.8 Å². The van der Waals surface area contributed by atoms with Gasteiger partial charge in [0.05, 0.1) is 17.1 Å². The molecule has 0 bridgehead atoms. The molecular weight excluding hydrogens is 421 g/mol. The maximum absolute atomic E-state index is 12.9. The fourth-order valence-electron chi connectivity index (χ4n) is 3.46. The molecule has 2 aromatic rings. The van der Waals surface area contributed by atoms with E-state index in [2.05, 4.69) is 0 Å². The first-order valence-electron chi connectivity index (χ1n) is 10.4. The number of ether oxygens (including phenoxy) is 1. The van der Waals surface area contributed by atoms with E-state index in [9.17, 15) is 22.4 Å². The van der Waals surface area contributed by atoms with Crippen molar-refractivity contribution in [2.75, 3.05) is 19.7 Å². The van der Waals surface area contributed by atoms with Crippen LogP contribution in [-0.2, 0) is 14.8 Å². The van der Waals surface area contributed by atoms with Crippen LogP contribution in [0.4, 0.5) is 4.39 Å². The lowest BCUT2D eigenvalue weighted by Crippen LogP contribution is -2.31. The number of esters is 1. The van der Waals surface area contributed by atoms with Crippen LogP contribution in [0.1, 0.15) is 59.2 Å². The Balaban J connectivity index is 1.49. The number of rotatable bonds is 8. The second-order valence-electron chi connectivity index (χ2n) is 7.51. The van der Waals surface area contributed by atoms with Gasteiger partial charge in [-0.3, -0.25) is 4.79 Å². The number of hydrogen-bond donors (Lipinski definition) is 0. The van der Waals surface area contributed by atoms with Crippen molar-refractivity contribution in [3.05, 3.63) is 65.5 Å². The molecule has 166 valence electrons. The average Bonchev–Trinajstić information content (AvgIpc) is 3.07. The molecule has 1 heterocycles. The number of carbonyl (C=O) groups is 2. The van der Waals surface area contributed by atoms with Crippen molar-refractivity contribution in [1.82, 2.24) is 4.31 Å². The number of carbonyl (C=O) groups excluding carboxylic acids is 2. The maximum Gasteiger partial charge on any atom is 0.338 e.